The number of aromatic hydroxyl groups is 1. The Morgan fingerprint density at radius 3 is 2.10 bits per heavy atom. The van der Waals surface area contributed by atoms with Crippen molar-refractivity contribution in [1.29, 1.82) is 0 Å². The first-order chi connectivity index (χ1) is 13.5. The van der Waals surface area contributed by atoms with Gasteiger partial charge in [-0.2, -0.15) is 0 Å². The predicted molar refractivity (Wildman–Crippen MR) is 103 cm³/mol. The van der Waals surface area contributed by atoms with Gasteiger partial charge in [-0.1, -0.05) is 32.4 Å². The van der Waals surface area contributed by atoms with Crippen molar-refractivity contribution in [1.82, 2.24) is 10.6 Å². The lowest BCUT2D eigenvalue weighted by atomic mass is 9.96. The van der Waals surface area contributed by atoms with E-state index in [2.05, 4.69) is 10.6 Å². The van der Waals surface area contributed by atoms with E-state index in [0.717, 1.165) is 0 Å². The van der Waals surface area contributed by atoms with Crippen molar-refractivity contribution in [3.05, 3.63) is 29.8 Å². The fourth-order valence-electron chi connectivity index (χ4n) is 2.58. The number of nitrogens with one attached hydrogen (secondary N) is 2. The summed E-state index contributed by atoms with van der Waals surface area (Å²) in [6.07, 6.45) is -0.122. The number of phenols is 1. The monoisotopic (exact) mass is 409 g/mol. The van der Waals surface area contributed by atoms with E-state index in [9.17, 15) is 24.3 Å². The summed E-state index contributed by atoms with van der Waals surface area (Å²) in [5, 5.41) is 31.9. The van der Waals surface area contributed by atoms with Gasteiger partial charge >= 0.3 is 11.9 Å². The summed E-state index contributed by atoms with van der Waals surface area (Å²) in [6, 6.07) is 2.49. The highest BCUT2D eigenvalue weighted by molar-refractivity contribution is 5.93. The molecule has 0 fully saturated rings. The Morgan fingerprint density at radius 1 is 1.03 bits per heavy atom. The second kappa shape index (κ2) is 11.0. The molecule has 0 saturated carbocycles. The number of carboxylic acid groups (broad SMARTS) is 2. The topological polar surface area (TPSA) is 179 Å². The van der Waals surface area contributed by atoms with Gasteiger partial charge in [0.2, 0.25) is 11.8 Å². The number of benzene rings is 1. The molecule has 29 heavy (non-hydrogen) atoms. The van der Waals surface area contributed by atoms with Gasteiger partial charge in [0.05, 0.1) is 12.5 Å². The minimum Gasteiger partial charge on any atom is -0.508 e. The summed E-state index contributed by atoms with van der Waals surface area (Å²) in [5.74, 6) is -4.53. The van der Waals surface area contributed by atoms with E-state index in [1.807, 2.05) is 0 Å². The zero-order valence-corrected chi connectivity index (χ0v) is 16.3. The predicted octanol–water partition coefficient (Wildman–Crippen LogP) is -0.163. The molecule has 4 unspecified atom stereocenters. The SMILES string of the molecule is CCC(C)C(NC(=O)C(N)Cc1ccc(O)cc1)C(=O)NC(CC(=O)O)C(=O)O. The first-order valence-electron chi connectivity index (χ1n) is 9.14. The molecule has 0 aliphatic heterocycles. The fraction of sp³-hybridized carbons (Fsp3) is 0.474. The van der Waals surface area contributed by atoms with Gasteiger partial charge in [-0.25, -0.2) is 4.79 Å². The van der Waals surface area contributed by atoms with Crippen LogP contribution < -0.4 is 16.4 Å². The largest absolute Gasteiger partial charge is 0.508 e. The molecular weight excluding hydrogens is 382 g/mol. The number of amides is 2. The Balaban J connectivity index is 2.84. The highest BCUT2D eigenvalue weighted by Gasteiger charge is 2.31. The van der Waals surface area contributed by atoms with Crippen molar-refractivity contribution in [2.45, 2.75) is 51.2 Å². The summed E-state index contributed by atoms with van der Waals surface area (Å²) in [7, 11) is 0. The van der Waals surface area contributed by atoms with Gasteiger partial charge < -0.3 is 31.7 Å². The minimum absolute atomic E-state index is 0.0784. The molecule has 0 aromatic heterocycles. The van der Waals surface area contributed by atoms with Gasteiger partial charge in [0, 0.05) is 0 Å². The molecule has 0 bridgehead atoms. The first kappa shape index (κ1) is 23.9. The number of hydrogen-bond donors (Lipinski definition) is 6. The van der Waals surface area contributed by atoms with Crippen LogP contribution in [-0.2, 0) is 25.6 Å². The lowest BCUT2D eigenvalue weighted by Crippen LogP contribution is -2.57. The van der Waals surface area contributed by atoms with Crippen molar-refractivity contribution in [2.24, 2.45) is 11.7 Å². The average Bonchev–Trinajstić information content (AvgIpc) is 2.65. The maximum atomic E-state index is 12.5. The molecule has 2 amide bonds. The van der Waals surface area contributed by atoms with E-state index in [0.29, 0.717) is 12.0 Å². The number of aliphatic carboxylic acids is 2. The van der Waals surface area contributed by atoms with Gasteiger partial charge in [-0.3, -0.25) is 14.4 Å². The van der Waals surface area contributed by atoms with Crippen LogP contribution in [0.1, 0.15) is 32.3 Å². The Kier molecular flexibility index (Phi) is 9.07. The maximum absolute atomic E-state index is 12.5. The number of nitrogens with two attached hydrogens (primary N) is 1. The van der Waals surface area contributed by atoms with Gasteiger partial charge in [0.25, 0.3) is 0 Å². The molecule has 0 spiro atoms. The van der Waals surface area contributed by atoms with Gasteiger partial charge in [-0.15, -0.1) is 0 Å². The van der Waals surface area contributed by atoms with Crippen molar-refractivity contribution in [3.8, 4) is 5.75 Å². The maximum Gasteiger partial charge on any atom is 0.326 e. The molecule has 1 rings (SSSR count). The van der Waals surface area contributed by atoms with Crippen LogP contribution in [0, 0.1) is 5.92 Å². The van der Waals surface area contributed by atoms with Crippen LogP contribution in [0.15, 0.2) is 24.3 Å². The van der Waals surface area contributed by atoms with E-state index in [1.54, 1.807) is 26.0 Å². The number of phenolic OH excluding ortho intramolecular Hbond substituents is 1. The van der Waals surface area contributed by atoms with Crippen LogP contribution in [-0.4, -0.2) is 57.2 Å². The zero-order valence-electron chi connectivity index (χ0n) is 16.3. The first-order valence-corrected chi connectivity index (χ1v) is 9.14. The van der Waals surface area contributed by atoms with Crippen LogP contribution in [0.5, 0.6) is 5.75 Å². The van der Waals surface area contributed by atoms with Crippen molar-refractivity contribution in [2.75, 3.05) is 0 Å². The van der Waals surface area contributed by atoms with Gasteiger partial charge in [0.15, 0.2) is 0 Å². The van der Waals surface area contributed by atoms with Gasteiger partial charge in [-0.05, 0) is 30.0 Å². The Labute approximate surface area is 168 Å². The summed E-state index contributed by atoms with van der Waals surface area (Å²) in [4.78, 5) is 47.0. The Hall–Kier alpha value is -3.14. The summed E-state index contributed by atoms with van der Waals surface area (Å²) in [5.41, 5.74) is 6.63. The molecule has 1 aromatic rings. The molecule has 4 atom stereocenters. The molecule has 0 saturated heterocycles. The second-order valence-electron chi connectivity index (χ2n) is 6.85. The summed E-state index contributed by atoms with van der Waals surface area (Å²) >= 11 is 0. The molecule has 1 aromatic carbocycles. The van der Waals surface area contributed by atoms with Crippen LogP contribution in [0.4, 0.5) is 0 Å². The van der Waals surface area contributed by atoms with Crippen molar-refractivity contribution < 1.29 is 34.5 Å². The average molecular weight is 409 g/mol. The van der Waals surface area contributed by atoms with Crippen molar-refractivity contribution >= 4 is 23.8 Å². The quantitative estimate of drug-likeness (QED) is 0.292. The molecular formula is C19H27N3O7. The molecule has 10 heteroatoms. The molecule has 160 valence electrons. The zero-order chi connectivity index (χ0) is 22.1. The molecule has 10 nitrogen and oxygen atoms in total. The van der Waals surface area contributed by atoms with E-state index >= 15 is 0 Å². The number of carboxylic acids is 2. The van der Waals surface area contributed by atoms with Gasteiger partial charge in [0.1, 0.15) is 17.8 Å². The van der Waals surface area contributed by atoms with Crippen LogP contribution in [0.25, 0.3) is 0 Å². The number of carbonyl (C=O) groups is 4. The van der Waals surface area contributed by atoms with Crippen LogP contribution >= 0.6 is 0 Å². The minimum atomic E-state index is -1.62. The Morgan fingerprint density at radius 2 is 1.62 bits per heavy atom. The normalized spacial score (nSPS) is 14.9. The summed E-state index contributed by atoms with van der Waals surface area (Å²) in [6.45, 7) is 3.49. The Bertz CT molecular complexity index is 736. The smallest absolute Gasteiger partial charge is 0.326 e. The second-order valence-corrected chi connectivity index (χ2v) is 6.85. The molecule has 0 aliphatic rings. The number of hydrogen-bond acceptors (Lipinski definition) is 6. The standard InChI is InChI=1S/C19H27N3O7/c1-3-10(2)16(18(27)21-14(19(28)29)9-15(24)25)22-17(26)13(20)8-11-4-6-12(23)7-5-11/h4-7,10,13-14,16,23H,3,8-9,20H2,1-2H3,(H,21,27)(H,22,26)(H,24,25)(H,28,29). The third-order valence-corrected chi connectivity index (χ3v) is 4.52. The highest BCUT2D eigenvalue weighted by atomic mass is 16.4. The lowest BCUT2D eigenvalue weighted by Gasteiger charge is -2.26. The van der Waals surface area contributed by atoms with E-state index < -0.39 is 48.3 Å². The van der Waals surface area contributed by atoms with Crippen molar-refractivity contribution in [3.63, 3.8) is 0 Å². The lowest BCUT2D eigenvalue weighted by molar-refractivity contribution is -0.147. The number of rotatable bonds is 11. The molecule has 0 heterocycles. The fourth-order valence-corrected chi connectivity index (χ4v) is 2.58. The molecule has 0 radical (unpaired) electrons. The van der Waals surface area contributed by atoms with Crippen LogP contribution in [0.2, 0.25) is 0 Å². The molecule has 7 N–H and O–H groups in total. The van der Waals surface area contributed by atoms with E-state index in [1.165, 1.54) is 12.1 Å². The third kappa shape index (κ3) is 7.78. The van der Waals surface area contributed by atoms with Crippen LogP contribution in [0.3, 0.4) is 0 Å². The van der Waals surface area contributed by atoms with E-state index in [4.69, 9.17) is 15.9 Å². The third-order valence-electron chi connectivity index (χ3n) is 4.52. The van der Waals surface area contributed by atoms with E-state index in [-0.39, 0.29) is 18.1 Å². The molecule has 0 aliphatic carbocycles. The summed E-state index contributed by atoms with van der Waals surface area (Å²) < 4.78 is 0. The number of carbonyl (C=O) groups excluding carboxylic acids is 2. The highest BCUT2D eigenvalue weighted by Crippen LogP contribution is 2.12.